The van der Waals surface area contributed by atoms with Crippen LogP contribution in [0, 0.1) is 0 Å². The third kappa shape index (κ3) is 2.59. The lowest BCUT2D eigenvalue weighted by Crippen LogP contribution is -2.14. The molecule has 0 amide bonds. The van der Waals surface area contributed by atoms with E-state index in [-0.39, 0.29) is 0 Å². The number of benzene rings is 1. The molecule has 0 aliphatic heterocycles. The maximum absolute atomic E-state index is 6.23. The normalized spacial score (nSPS) is 15.6. The molecule has 1 saturated carbocycles. The van der Waals surface area contributed by atoms with Gasteiger partial charge in [0.05, 0.1) is 21.3 Å². The Morgan fingerprint density at radius 2 is 1.95 bits per heavy atom. The van der Waals surface area contributed by atoms with Gasteiger partial charge in [0.1, 0.15) is 0 Å². The minimum atomic E-state index is 0.592. The highest BCUT2D eigenvalue weighted by atomic mass is 35.5. The molecule has 0 unspecified atom stereocenters. The molecule has 1 aliphatic carbocycles. The first-order chi connectivity index (χ1) is 10.3. The molecule has 1 aliphatic rings. The van der Waals surface area contributed by atoms with Crippen molar-refractivity contribution in [1.29, 1.82) is 0 Å². The van der Waals surface area contributed by atoms with Gasteiger partial charge in [-0.1, -0.05) is 29.8 Å². The lowest BCUT2D eigenvalue weighted by atomic mass is 10.3. The Bertz CT molecular complexity index is 826. The number of hydrogen-bond acceptors (Lipinski definition) is 3. The fourth-order valence-electron chi connectivity index (χ4n) is 2.34. The molecule has 4 rings (SSSR count). The van der Waals surface area contributed by atoms with Crippen molar-refractivity contribution in [2.45, 2.75) is 18.9 Å². The lowest BCUT2D eigenvalue weighted by molar-refractivity contribution is 0.726. The van der Waals surface area contributed by atoms with Gasteiger partial charge in [-0.05, 0) is 36.4 Å². The second kappa shape index (κ2) is 5.44. The molecule has 0 bridgehead atoms. The van der Waals surface area contributed by atoms with E-state index in [4.69, 9.17) is 16.6 Å². The van der Waals surface area contributed by atoms with Crippen molar-refractivity contribution in [3.8, 4) is 10.6 Å². The number of aromatic nitrogens is 1. The Morgan fingerprint density at radius 1 is 1.10 bits per heavy atom. The van der Waals surface area contributed by atoms with Gasteiger partial charge in [0.2, 0.25) is 0 Å². The van der Waals surface area contributed by atoms with E-state index in [0.29, 0.717) is 11.1 Å². The molecular formula is C16H13ClN2S2. The predicted octanol–water partition coefficient (Wildman–Crippen LogP) is 5.50. The predicted molar refractivity (Wildman–Crippen MR) is 90.6 cm³/mol. The van der Waals surface area contributed by atoms with Crippen LogP contribution in [-0.2, 0) is 0 Å². The number of thiazole rings is 1. The Labute approximate surface area is 136 Å². The monoisotopic (exact) mass is 332 g/mol. The Kier molecular flexibility index (Phi) is 3.45. The standard InChI is InChI=1S/C16H13ClN2S2/c17-12-4-1-2-5-13(12)18-16-19(11-7-8-11)14(10-21-16)15-6-3-9-20-15/h1-6,9-11H,7-8H2. The van der Waals surface area contributed by atoms with E-state index < -0.39 is 0 Å². The molecule has 0 spiro atoms. The van der Waals surface area contributed by atoms with Crippen LogP contribution in [-0.4, -0.2) is 4.57 Å². The van der Waals surface area contributed by atoms with Gasteiger partial charge >= 0.3 is 0 Å². The molecule has 21 heavy (non-hydrogen) atoms. The molecule has 3 aromatic rings. The van der Waals surface area contributed by atoms with Gasteiger partial charge < -0.3 is 4.57 Å². The summed E-state index contributed by atoms with van der Waals surface area (Å²) in [6.07, 6.45) is 2.48. The summed E-state index contributed by atoms with van der Waals surface area (Å²) in [6, 6.07) is 12.6. The molecular weight excluding hydrogens is 320 g/mol. The van der Waals surface area contributed by atoms with E-state index in [1.165, 1.54) is 23.4 Å². The second-order valence-corrected chi connectivity index (χ2v) is 7.24. The molecule has 0 radical (unpaired) electrons. The number of halogens is 1. The summed E-state index contributed by atoms with van der Waals surface area (Å²) >= 11 is 9.70. The fraction of sp³-hybridized carbons (Fsp3) is 0.188. The van der Waals surface area contributed by atoms with Crippen molar-refractivity contribution < 1.29 is 0 Å². The Morgan fingerprint density at radius 3 is 2.67 bits per heavy atom. The zero-order valence-corrected chi connectivity index (χ0v) is 13.6. The Balaban J connectivity index is 1.89. The SMILES string of the molecule is Clc1ccccc1N=c1scc(-c2cccs2)n1C1CC1. The van der Waals surface area contributed by atoms with Crippen LogP contribution < -0.4 is 4.80 Å². The topological polar surface area (TPSA) is 17.3 Å². The van der Waals surface area contributed by atoms with Gasteiger partial charge in [0.25, 0.3) is 0 Å². The zero-order valence-electron chi connectivity index (χ0n) is 11.2. The van der Waals surface area contributed by atoms with Crippen molar-refractivity contribution in [1.82, 2.24) is 4.57 Å². The summed E-state index contributed by atoms with van der Waals surface area (Å²) in [5.41, 5.74) is 2.12. The highest BCUT2D eigenvalue weighted by molar-refractivity contribution is 7.14. The molecule has 0 saturated heterocycles. The van der Waals surface area contributed by atoms with Crippen molar-refractivity contribution >= 4 is 40.0 Å². The summed E-state index contributed by atoms with van der Waals surface area (Å²) < 4.78 is 2.37. The van der Waals surface area contributed by atoms with Crippen molar-refractivity contribution in [2.24, 2.45) is 4.99 Å². The molecule has 106 valence electrons. The molecule has 1 aromatic carbocycles. The highest BCUT2D eigenvalue weighted by Gasteiger charge is 2.27. The van der Waals surface area contributed by atoms with E-state index in [0.717, 1.165) is 10.5 Å². The molecule has 0 atom stereocenters. The highest BCUT2D eigenvalue weighted by Crippen LogP contribution is 2.39. The van der Waals surface area contributed by atoms with Crippen LogP contribution in [0.1, 0.15) is 18.9 Å². The van der Waals surface area contributed by atoms with Crippen LogP contribution in [0.15, 0.2) is 52.2 Å². The van der Waals surface area contributed by atoms with E-state index in [2.05, 4.69) is 27.5 Å². The van der Waals surface area contributed by atoms with Gasteiger partial charge in [-0.2, -0.15) is 0 Å². The third-order valence-corrected chi connectivity index (χ3v) is 5.55. The summed E-state index contributed by atoms with van der Waals surface area (Å²) in [5.74, 6) is 0. The van der Waals surface area contributed by atoms with E-state index in [9.17, 15) is 0 Å². The molecule has 2 heterocycles. The van der Waals surface area contributed by atoms with Crippen LogP contribution in [0.5, 0.6) is 0 Å². The summed E-state index contributed by atoms with van der Waals surface area (Å²) in [5, 5.41) is 5.03. The minimum Gasteiger partial charge on any atom is -0.313 e. The van der Waals surface area contributed by atoms with E-state index in [1.54, 1.807) is 22.7 Å². The summed E-state index contributed by atoms with van der Waals surface area (Å²) in [4.78, 5) is 7.13. The lowest BCUT2D eigenvalue weighted by Gasteiger charge is -2.05. The van der Waals surface area contributed by atoms with Crippen molar-refractivity contribution in [3.63, 3.8) is 0 Å². The Hall–Kier alpha value is -1.36. The van der Waals surface area contributed by atoms with Gasteiger partial charge in [-0.3, -0.25) is 0 Å². The fourth-order valence-corrected chi connectivity index (χ4v) is 4.30. The number of thiophene rings is 1. The average molecular weight is 333 g/mol. The smallest absolute Gasteiger partial charge is 0.190 e. The molecule has 2 aromatic heterocycles. The largest absolute Gasteiger partial charge is 0.313 e. The van der Waals surface area contributed by atoms with Crippen molar-refractivity contribution in [2.75, 3.05) is 0 Å². The minimum absolute atomic E-state index is 0.592. The second-order valence-electron chi connectivity index (χ2n) is 5.05. The first kappa shape index (κ1) is 13.3. The van der Waals surface area contributed by atoms with Crippen LogP contribution in [0.3, 0.4) is 0 Å². The van der Waals surface area contributed by atoms with Gasteiger partial charge in [-0.15, -0.1) is 22.7 Å². The van der Waals surface area contributed by atoms with Crippen LogP contribution in [0.25, 0.3) is 10.6 Å². The maximum Gasteiger partial charge on any atom is 0.190 e. The van der Waals surface area contributed by atoms with Crippen LogP contribution in [0.4, 0.5) is 5.69 Å². The molecule has 0 N–H and O–H groups in total. The molecule has 1 fully saturated rings. The van der Waals surface area contributed by atoms with E-state index in [1.807, 2.05) is 24.3 Å². The van der Waals surface area contributed by atoms with Crippen LogP contribution >= 0.6 is 34.3 Å². The average Bonchev–Trinajstić information content (AvgIpc) is 3.02. The third-order valence-electron chi connectivity index (χ3n) is 3.50. The number of rotatable bonds is 3. The zero-order chi connectivity index (χ0) is 14.2. The number of hydrogen-bond donors (Lipinski definition) is 0. The maximum atomic E-state index is 6.23. The van der Waals surface area contributed by atoms with E-state index >= 15 is 0 Å². The van der Waals surface area contributed by atoms with Crippen LogP contribution in [0.2, 0.25) is 5.02 Å². The first-order valence-electron chi connectivity index (χ1n) is 6.86. The number of nitrogens with zero attached hydrogens (tertiary/aromatic N) is 2. The molecule has 2 nitrogen and oxygen atoms in total. The van der Waals surface area contributed by atoms with Gasteiger partial charge in [0, 0.05) is 11.4 Å². The number of para-hydroxylation sites is 1. The quantitative estimate of drug-likeness (QED) is 0.602. The van der Waals surface area contributed by atoms with Crippen molar-refractivity contribution in [3.05, 3.63) is 57.0 Å². The summed E-state index contributed by atoms with van der Waals surface area (Å²) in [7, 11) is 0. The van der Waals surface area contributed by atoms with Gasteiger partial charge in [0.15, 0.2) is 4.80 Å². The van der Waals surface area contributed by atoms with Gasteiger partial charge in [-0.25, -0.2) is 4.99 Å². The molecule has 5 heteroatoms. The summed E-state index contributed by atoms with van der Waals surface area (Å²) in [6.45, 7) is 0. The first-order valence-corrected chi connectivity index (χ1v) is 9.00.